The summed E-state index contributed by atoms with van der Waals surface area (Å²) in [6, 6.07) is 14.1. The number of benzene rings is 2. The highest BCUT2D eigenvalue weighted by molar-refractivity contribution is 5.96. The second-order valence-corrected chi connectivity index (χ2v) is 6.44. The highest BCUT2D eigenvalue weighted by Crippen LogP contribution is 2.18. The van der Waals surface area contributed by atoms with Crippen molar-refractivity contribution in [2.24, 2.45) is 0 Å². The third-order valence-corrected chi connectivity index (χ3v) is 4.36. The highest BCUT2D eigenvalue weighted by atomic mass is 16.4. The lowest BCUT2D eigenvalue weighted by Gasteiger charge is -2.19. The Labute approximate surface area is 158 Å². The van der Waals surface area contributed by atoms with Crippen molar-refractivity contribution in [2.75, 3.05) is 6.54 Å². The first-order valence-electron chi connectivity index (χ1n) is 8.78. The molecule has 0 radical (unpaired) electrons. The Morgan fingerprint density at radius 3 is 2.33 bits per heavy atom. The SMILES string of the molecule is Cc1ccc(C(=O)NCC(=O)NC(CCC(=O)O)c2ccccc2)cc1C. The number of aliphatic carboxylic acids is 1. The van der Waals surface area contributed by atoms with Crippen LogP contribution in [0.2, 0.25) is 0 Å². The van der Waals surface area contributed by atoms with Gasteiger partial charge < -0.3 is 15.7 Å². The number of rotatable bonds is 8. The molecule has 0 aliphatic heterocycles. The number of carbonyl (C=O) groups excluding carboxylic acids is 2. The molecule has 6 nitrogen and oxygen atoms in total. The lowest BCUT2D eigenvalue weighted by Crippen LogP contribution is -2.38. The molecule has 0 saturated carbocycles. The molecule has 0 bridgehead atoms. The molecule has 27 heavy (non-hydrogen) atoms. The Morgan fingerprint density at radius 2 is 1.70 bits per heavy atom. The Balaban J connectivity index is 1.95. The minimum absolute atomic E-state index is 0.0607. The summed E-state index contributed by atoms with van der Waals surface area (Å²) < 4.78 is 0. The van der Waals surface area contributed by atoms with Crippen molar-refractivity contribution in [3.05, 3.63) is 70.8 Å². The van der Waals surface area contributed by atoms with Crippen molar-refractivity contribution in [1.82, 2.24) is 10.6 Å². The van der Waals surface area contributed by atoms with Crippen molar-refractivity contribution in [3.63, 3.8) is 0 Å². The highest BCUT2D eigenvalue weighted by Gasteiger charge is 2.16. The third-order valence-electron chi connectivity index (χ3n) is 4.36. The third kappa shape index (κ3) is 6.26. The molecule has 1 unspecified atom stereocenters. The zero-order valence-corrected chi connectivity index (χ0v) is 15.5. The molecule has 142 valence electrons. The Hall–Kier alpha value is -3.15. The summed E-state index contributed by atoms with van der Waals surface area (Å²) in [5.74, 6) is -1.62. The van der Waals surface area contributed by atoms with Crippen molar-refractivity contribution < 1.29 is 19.5 Å². The van der Waals surface area contributed by atoms with Gasteiger partial charge in [0.2, 0.25) is 5.91 Å². The molecule has 2 rings (SSSR count). The van der Waals surface area contributed by atoms with Crippen LogP contribution < -0.4 is 10.6 Å². The average molecular weight is 368 g/mol. The van der Waals surface area contributed by atoms with Crippen LogP contribution in [0.3, 0.4) is 0 Å². The first-order valence-corrected chi connectivity index (χ1v) is 8.78. The Morgan fingerprint density at radius 1 is 1.00 bits per heavy atom. The van der Waals surface area contributed by atoms with Gasteiger partial charge in [-0.25, -0.2) is 0 Å². The number of carbonyl (C=O) groups is 3. The maximum atomic E-state index is 12.3. The number of nitrogens with one attached hydrogen (secondary N) is 2. The summed E-state index contributed by atoms with van der Waals surface area (Å²) in [7, 11) is 0. The van der Waals surface area contributed by atoms with E-state index in [4.69, 9.17) is 5.11 Å². The standard InChI is InChI=1S/C21H24N2O4/c1-14-8-9-17(12-15(14)2)21(27)22-13-19(24)23-18(10-11-20(25)26)16-6-4-3-5-7-16/h3-9,12,18H,10-11,13H2,1-2H3,(H,22,27)(H,23,24)(H,25,26). The molecular weight excluding hydrogens is 344 g/mol. The predicted molar refractivity (Wildman–Crippen MR) is 102 cm³/mol. The fourth-order valence-corrected chi connectivity index (χ4v) is 2.67. The van der Waals surface area contributed by atoms with E-state index in [1.807, 2.05) is 50.2 Å². The summed E-state index contributed by atoms with van der Waals surface area (Å²) >= 11 is 0. The molecule has 6 heteroatoms. The van der Waals surface area contributed by atoms with Gasteiger partial charge in [0.15, 0.2) is 0 Å². The van der Waals surface area contributed by atoms with E-state index in [0.29, 0.717) is 5.56 Å². The summed E-state index contributed by atoms with van der Waals surface area (Å²) in [6.45, 7) is 3.71. The monoisotopic (exact) mass is 368 g/mol. The number of amides is 2. The summed E-state index contributed by atoms with van der Waals surface area (Å²) in [5, 5.41) is 14.3. The molecule has 0 aromatic heterocycles. The topological polar surface area (TPSA) is 95.5 Å². The van der Waals surface area contributed by atoms with E-state index >= 15 is 0 Å². The smallest absolute Gasteiger partial charge is 0.303 e. The van der Waals surface area contributed by atoms with Crippen molar-refractivity contribution >= 4 is 17.8 Å². The summed E-state index contributed by atoms with van der Waals surface area (Å²) in [6.07, 6.45) is 0.213. The second kappa shape index (κ2) is 9.52. The van der Waals surface area contributed by atoms with Gasteiger partial charge in [-0.05, 0) is 49.1 Å². The van der Waals surface area contributed by atoms with Crippen molar-refractivity contribution in [2.45, 2.75) is 32.7 Å². The largest absolute Gasteiger partial charge is 0.481 e. The van der Waals surface area contributed by atoms with Crippen LogP contribution in [0.4, 0.5) is 0 Å². The van der Waals surface area contributed by atoms with Crippen LogP contribution in [-0.4, -0.2) is 29.4 Å². The van der Waals surface area contributed by atoms with E-state index in [0.717, 1.165) is 16.7 Å². The van der Waals surface area contributed by atoms with E-state index in [-0.39, 0.29) is 31.2 Å². The predicted octanol–water partition coefficient (Wildman–Crippen LogP) is 2.76. The minimum atomic E-state index is -0.923. The maximum absolute atomic E-state index is 12.3. The lowest BCUT2D eigenvalue weighted by atomic mass is 10.0. The van der Waals surface area contributed by atoms with E-state index < -0.39 is 12.0 Å². The van der Waals surface area contributed by atoms with E-state index in [1.54, 1.807) is 12.1 Å². The first-order chi connectivity index (χ1) is 12.9. The first kappa shape index (κ1) is 20.2. The maximum Gasteiger partial charge on any atom is 0.303 e. The molecule has 3 N–H and O–H groups in total. The van der Waals surface area contributed by atoms with Gasteiger partial charge in [0.05, 0.1) is 12.6 Å². The molecule has 0 aliphatic rings. The lowest BCUT2D eigenvalue weighted by molar-refractivity contribution is -0.137. The number of aryl methyl sites for hydroxylation is 2. The fraction of sp³-hybridized carbons (Fsp3) is 0.286. The van der Waals surface area contributed by atoms with Crippen LogP contribution in [0.15, 0.2) is 48.5 Å². The van der Waals surface area contributed by atoms with Gasteiger partial charge in [0, 0.05) is 12.0 Å². The van der Waals surface area contributed by atoms with Crippen LogP contribution in [0.25, 0.3) is 0 Å². The van der Waals surface area contributed by atoms with E-state index in [1.165, 1.54) is 0 Å². The van der Waals surface area contributed by atoms with Gasteiger partial charge in [0.25, 0.3) is 5.91 Å². The molecule has 0 saturated heterocycles. The molecule has 2 amide bonds. The molecule has 0 aliphatic carbocycles. The molecule has 2 aromatic rings. The summed E-state index contributed by atoms with van der Waals surface area (Å²) in [4.78, 5) is 35.3. The van der Waals surface area contributed by atoms with Crippen LogP contribution in [0, 0.1) is 13.8 Å². The molecule has 1 atom stereocenters. The zero-order chi connectivity index (χ0) is 19.8. The van der Waals surface area contributed by atoms with Gasteiger partial charge in [-0.3, -0.25) is 14.4 Å². The quantitative estimate of drug-likeness (QED) is 0.668. The number of carboxylic acid groups (broad SMARTS) is 1. The van der Waals surface area contributed by atoms with Crippen LogP contribution in [0.1, 0.15) is 45.9 Å². The van der Waals surface area contributed by atoms with E-state index in [9.17, 15) is 14.4 Å². The van der Waals surface area contributed by atoms with Crippen LogP contribution >= 0.6 is 0 Å². The second-order valence-electron chi connectivity index (χ2n) is 6.44. The van der Waals surface area contributed by atoms with Crippen LogP contribution in [-0.2, 0) is 9.59 Å². The van der Waals surface area contributed by atoms with Gasteiger partial charge in [-0.1, -0.05) is 36.4 Å². The zero-order valence-electron chi connectivity index (χ0n) is 15.5. The molecule has 0 spiro atoms. The number of hydrogen-bond donors (Lipinski definition) is 3. The van der Waals surface area contributed by atoms with Gasteiger partial charge in [-0.2, -0.15) is 0 Å². The Bertz CT molecular complexity index is 818. The summed E-state index contributed by atoms with van der Waals surface area (Å²) in [5.41, 5.74) is 3.42. The van der Waals surface area contributed by atoms with Gasteiger partial charge >= 0.3 is 5.97 Å². The van der Waals surface area contributed by atoms with Crippen LogP contribution in [0.5, 0.6) is 0 Å². The fourth-order valence-electron chi connectivity index (χ4n) is 2.67. The minimum Gasteiger partial charge on any atom is -0.481 e. The average Bonchev–Trinajstić information content (AvgIpc) is 2.65. The van der Waals surface area contributed by atoms with E-state index in [2.05, 4.69) is 10.6 Å². The van der Waals surface area contributed by atoms with Gasteiger partial charge in [-0.15, -0.1) is 0 Å². The molecular formula is C21H24N2O4. The number of hydrogen-bond acceptors (Lipinski definition) is 3. The van der Waals surface area contributed by atoms with Crippen molar-refractivity contribution in [3.8, 4) is 0 Å². The van der Waals surface area contributed by atoms with Gasteiger partial charge in [0.1, 0.15) is 0 Å². The molecule has 2 aromatic carbocycles. The van der Waals surface area contributed by atoms with Crippen molar-refractivity contribution in [1.29, 1.82) is 0 Å². The Kier molecular flexibility index (Phi) is 7.11. The number of carboxylic acids is 1. The molecule has 0 fully saturated rings. The normalized spacial score (nSPS) is 11.5. The molecule has 0 heterocycles.